The number of nitrogens with zero attached hydrogens (tertiary/aromatic N) is 1. The first-order chi connectivity index (χ1) is 12.3. The Morgan fingerprint density at radius 2 is 2.00 bits per heavy atom. The number of amides is 1. The number of hydrogen-bond donors (Lipinski definition) is 0. The third-order valence-corrected chi connectivity index (χ3v) is 8.15. The van der Waals surface area contributed by atoms with Crippen molar-refractivity contribution >= 4 is 33.1 Å². The summed E-state index contributed by atoms with van der Waals surface area (Å²) in [5.74, 6) is -0.757. The Bertz CT molecular complexity index is 775. The summed E-state index contributed by atoms with van der Waals surface area (Å²) in [5.41, 5.74) is 1.23. The minimum absolute atomic E-state index is 0.0203. The second kappa shape index (κ2) is 7.68. The van der Waals surface area contributed by atoms with Gasteiger partial charge in [-0.25, -0.2) is 13.2 Å². The molecule has 3 rings (SSSR count). The average molecular weight is 400 g/mol. The molecule has 26 heavy (non-hydrogen) atoms. The molecule has 0 bridgehead atoms. The minimum Gasteiger partial charge on any atom is -0.448 e. The monoisotopic (exact) mass is 399 g/mol. The quantitative estimate of drug-likeness (QED) is 0.573. The van der Waals surface area contributed by atoms with Gasteiger partial charge in [-0.05, 0) is 50.7 Å². The molecule has 0 unspecified atom stereocenters. The summed E-state index contributed by atoms with van der Waals surface area (Å²) in [6.45, 7) is 1.54. The highest BCUT2D eigenvalue weighted by Gasteiger charge is 2.35. The lowest BCUT2D eigenvalue weighted by Gasteiger charge is -2.26. The van der Waals surface area contributed by atoms with Crippen molar-refractivity contribution in [3.05, 3.63) is 21.4 Å². The molecule has 1 saturated heterocycles. The molecule has 1 aliphatic carbocycles. The van der Waals surface area contributed by atoms with Crippen LogP contribution in [0.1, 0.15) is 52.7 Å². The number of thiophene rings is 1. The number of esters is 1. The smallest absolute Gasteiger partial charge is 0.349 e. The number of aryl methyl sites for hydroxylation is 2. The molecule has 0 saturated carbocycles. The summed E-state index contributed by atoms with van der Waals surface area (Å²) in [7, 11) is -1.50. The van der Waals surface area contributed by atoms with Crippen molar-refractivity contribution < 1.29 is 22.7 Å². The molecule has 0 N–H and O–H groups in total. The van der Waals surface area contributed by atoms with Crippen LogP contribution in [0.15, 0.2) is 6.07 Å². The van der Waals surface area contributed by atoms with Gasteiger partial charge in [0.2, 0.25) is 0 Å². The number of fused-ring (bicyclic) bond motifs is 1. The van der Waals surface area contributed by atoms with Gasteiger partial charge in [0.15, 0.2) is 15.9 Å². The predicted octanol–water partition coefficient (Wildman–Crippen LogP) is 2.21. The molecule has 8 heteroatoms. The van der Waals surface area contributed by atoms with Gasteiger partial charge in [-0.15, -0.1) is 11.3 Å². The van der Waals surface area contributed by atoms with E-state index in [1.54, 1.807) is 14.0 Å². The van der Waals surface area contributed by atoms with Gasteiger partial charge in [-0.1, -0.05) is 6.42 Å². The summed E-state index contributed by atoms with van der Waals surface area (Å²) in [4.78, 5) is 28.1. The molecule has 2 aliphatic rings. The van der Waals surface area contributed by atoms with Crippen molar-refractivity contribution in [3.63, 3.8) is 0 Å². The average Bonchev–Trinajstić information content (AvgIpc) is 3.09. The highest BCUT2D eigenvalue weighted by Crippen LogP contribution is 2.29. The van der Waals surface area contributed by atoms with E-state index < -0.39 is 21.9 Å². The van der Waals surface area contributed by atoms with E-state index in [1.165, 1.54) is 33.1 Å². The van der Waals surface area contributed by atoms with Gasteiger partial charge in [0.05, 0.1) is 11.5 Å². The highest BCUT2D eigenvalue weighted by atomic mass is 32.2. The second-order valence-electron chi connectivity index (χ2n) is 7.17. The van der Waals surface area contributed by atoms with E-state index in [2.05, 4.69) is 0 Å². The number of likely N-dealkylation sites (N-methyl/N-ethyl adjacent to an activating group) is 1. The van der Waals surface area contributed by atoms with Crippen molar-refractivity contribution in [1.29, 1.82) is 0 Å². The Labute approximate surface area is 158 Å². The van der Waals surface area contributed by atoms with E-state index in [1.807, 2.05) is 6.07 Å². The van der Waals surface area contributed by atoms with Crippen molar-refractivity contribution in [3.8, 4) is 0 Å². The summed E-state index contributed by atoms with van der Waals surface area (Å²) in [6, 6.07) is 1.56. The standard InChI is InChI=1S/C18H25NO5S2/c1-12(17(20)19(2)14-8-9-26(22,23)11-14)24-18(21)16-10-13-6-4-3-5-7-15(13)25-16/h10,12,14H,3-9,11H2,1-2H3/t12-,14-/m1/s1. The predicted molar refractivity (Wildman–Crippen MR) is 100 cm³/mol. The fraction of sp³-hybridized carbons (Fsp3) is 0.667. The Morgan fingerprint density at radius 3 is 2.69 bits per heavy atom. The minimum atomic E-state index is -3.07. The molecule has 1 amide bonds. The van der Waals surface area contributed by atoms with E-state index in [9.17, 15) is 18.0 Å². The maximum absolute atomic E-state index is 12.5. The molecule has 0 radical (unpaired) electrons. The van der Waals surface area contributed by atoms with Gasteiger partial charge in [0.1, 0.15) is 4.88 Å². The van der Waals surface area contributed by atoms with Crippen molar-refractivity contribution in [1.82, 2.24) is 4.90 Å². The number of hydrogen-bond acceptors (Lipinski definition) is 6. The number of rotatable bonds is 4. The zero-order valence-electron chi connectivity index (χ0n) is 15.2. The van der Waals surface area contributed by atoms with Gasteiger partial charge in [0.25, 0.3) is 5.91 Å². The zero-order chi connectivity index (χ0) is 18.9. The lowest BCUT2D eigenvalue weighted by Crippen LogP contribution is -2.44. The van der Waals surface area contributed by atoms with E-state index >= 15 is 0 Å². The van der Waals surface area contributed by atoms with Gasteiger partial charge in [-0.2, -0.15) is 0 Å². The summed E-state index contributed by atoms with van der Waals surface area (Å²) < 4.78 is 28.6. The van der Waals surface area contributed by atoms with Gasteiger partial charge < -0.3 is 9.64 Å². The first-order valence-corrected chi connectivity index (χ1v) is 11.7. The summed E-state index contributed by atoms with van der Waals surface area (Å²) in [6.07, 6.45) is 5.00. The van der Waals surface area contributed by atoms with Crippen LogP contribution >= 0.6 is 11.3 Å². The van der Waals surface area contributed by atoms with Crippen LogP contribution in [0.5, 0.6) is 0 Å². The van der Waals surface area contributed by atoms with Crippen molar-refractivity contribution in [2.45, 2.75) is 57.6 Å². The number of carbonyl (C=O) groups excluding carboxylic acids is 2. The van der Waals surface area contributed by atoms with E-state index in [4.69, 9.17) is 4.74 Å². The molecule has 0 spiro atoms. The molecule has 2 heterocycles. The van der Waals surface area contributed by atoms with Crippen molar-refractivity contribution in [2.75, 3.05) is 18.6 Å². The first kappa shape index (κ1) is 19.4. The molecule has 1 aliphatic heterocycles. The molecule has 2 atom stereocenters. The van der Waals surface area contributed by atoms with E-state index in [0.717, 1.165) is 25.7 Å². The maximum Gasteiger partial charge on any atom is 0.349 e. The Morgan fingerprint density at radius 1 is 1.27 bits per heavy atom. The van der Waals surface area contributed by atoms with Gasteiger partial charge in [-0.3, -0.25) is 4.79 Å². The fourth-order valence-corrected chi connectivity index (χ4v) is 6.50. The Hall–Kier alpha value is -1.41. The normalized spacial score (nSPS) is 22.9. The Kier molecular flexibility index (Phi) is 5.72. The Balaban J connectivity index is 1.61. The fourth-order valence-electron chi connectivity index (χ4n) is 3.58. The summed E-state index contributed by atoms with van der Waals surface area (Å²) >= 11 is 1.47. The largest absolute Gasteiger partial charge is 0.448 e. The van der Waals surface area contributed by atoms with Crippen LogP contribution in [0.4, 0.5) is 0 Å². The van der Waals surface area contributed by atoms with Crippen LogP contribution in [0.2, 0.25) is 0 Å². The lowest BCUT2D eigenvalue weighted by atomic mass is 10.1. The zero-order valence-corrected chi connectivity index (χ0v) is 16.8. The SMILES string of the molecule is C[C@@H](OC(=O)c1cc2c(s1)CCCCC2)C(=O)N(C)[C@@H]1CCS(=O)(=O)C1. The van der Waals surface area contributed by atoms with Gasteiger partial charge >= 0.3 is 5.97 Å². The third kappa shape index (κ3) is 4.28. The van der Waals surface area contributed by atoms with Crippen LogP contribution in [0.3, 0.4) is 0 Å². The van der Waals surface area contributed by atoms with Crippen molar-refractivity contribution in [2.24, 2.45) is 0 Å². The molecule has 144 valence electrons. The van der Waals surface area contributed by atoms with Crippen LogP contribution in [-0.2, 0) is 32.2 Å². The van der Waals surface area contributed by atoms with E-state index in [0.29, 0.717) is 11.3 Å². The number of sulfone groups is 1. The molecule has 6 nitrogen and oxygen atoms in total. The summed E-state index contributed by atoms with van der Waals surface area (Å²) in [5, 5.41) is 0. The molecule has 1 fully saturated rings. The van der Waals surface area contributed by atoms with Crippen LogP contribution in [0.25, 0.3) is 0 Å². The van der Waals surface area contributed by atoms with Crippen LogP contribution in [-0.4, -0.2) is 55.9 Å². The molecule has 1 aromatic rings. The third-order valence-electron chi connectivity index (χ3n) is 5.18. The van der Waals surface area contributed by atoms with Crippen LogP contribution < -0.4 is 0 Å². The number of ether oxygens (including phenoxy) is 1. The van der Waals surface area contributed by atoms with Crippen LogP contribution in [0, 0.1) is 0 Å². The highest BCUT2D eigenvalue weighted by molar-refractivity contribution is 7.91. The first-order valence-electron chi connectivity index (χ1n) is 9.06. The maximum atomic E-state index is 12.5. The second-order valence-corrected chi connectivity index (χ2v) is 10.5. The molecular formula is C18H25NO5S2. The molecular weight excluding hydrogens is 374 g/mol. The lowest BCUT2D eigenvalue weighted by molar-refractivity contribution is -0.140. The molecule has 1 aromatic heterocycles. The van der Waals surface area contributed by atoms with Gasteiger partial charge in [0, 0.05) is 18.0 Å². The topological polar surface area (TPSA) is 80.8 Å². The number of carbonyl (C=O) groups is 2. The molecule has 0 aromatic carbocycles. The van der Waals surface area contributed by atoms with E-state index in [-0.39, 0.29) is 23.5 Å².